The molecule has 2 aromatic rings. The van der Waals surface area contributed by atoms with Crippen molar-refractivity contribution in [3.05, 3.63) is 53.1 Å². The molecule has 0 radical (unpaired) electrons. The van der Waals surface area contributed by atoms with Gasteiger partial charge in [0.1, 0.15) is 0 Å². The summed E-state index contributed by atoms with van der Waals surface area (Å²) in [5.74, 6) is 0.727. The number of ether oxygens (including phenoxy) is 2. The first-order valence-corrected chi connectivity index (χ1v) is 10.1. The first-order valence-electron chi connectivity index (χ1n) is 10.1. The number of unbranched alkanes of at least 4 members (excludes halogenated alkanes) is 1. The summed E-state index contributed by atoms with van der Waals surface area (Å²) in [5, 5.41) is 2.90. The Morgan fingerprint density at radius 2 is 1.73 bits per heavy atom. The van der Waals surface area contributed by atoms with Crippen LogP contribution >= 0.6 is 0 Å². The van der Waals surface area contributed by atoms with Gasteiger partial charge in [0.25, 0.3) is 5.91 Å². The molecule has 0 aliphatic carbocycles. The predicted octanol–water partition coefficient (Wildman–Crippen LogP) is 3.64. The lowest BCUT2D eigenvalue weighted by molar-refractivity contribution is -0.122. The monoisotopic (exact) mass is 413 g/mol. The van der Waals surface area contributed by atoms with Crippen LogP contribution in [0.25, 0.3) is 0 Å². The Kier molecular flexibility index (Phi) is 9.15. The van der Waals surface area contributed by atoms with Gasteiger partial charge in [-0.3, -0.25) is 15.0 Å². The Balaban J connectivity index is 1.88. The maximum Gasteiger partial charge on any atom is 0.262 e. The van der Waals surface area contributed by atoms with Crippen molar-refractivity contribution in [2.75, 3.05) is 19.0 Å². The Bertz CT molecular complexity index is 847. The molecule has 0 saturated heterocycles. The fourth-order valence-electron chi connectivity index (χ4n) is 2.92. The minimum absolute atomic E-state index is 0.0290. The average molecular weight is 414 g/mol. The van der Waals surface area contributed by atoms with Crippen LogP contribution in [-0.4, -0.2) is 25.5 Å². The van der Waals surface area contributed by atoms with Crippen molar-refractivity contribution >= 4 is 17.5 Å². The topological polar surface area (TPSA) is 88.7 Å². The van der Waals surface area contributed by atoms with Gasteiger partial charge in [-0.05, 0) is 49.1 Å². The Morgan fingerprint density at radius 3 is 2.40 bits per heavy atom. The van der Waals surface area contributed by atoms with E-state index in [4.69, 9.17) is 9.47 Å². The lowest BCUT2D eigenvalue weighted by Crippen LogP contribution is -2.36. The van der Waals surface area contributed by atoms with Crippen molar-refractivity contribution in [3.8, 4) is 11.5 Å². The third-order valence-corrected chi connectivity index (χ3v) is 4.61. The molecular formula is C23H31N3O4. The van der Waals surface area contributed by atoms with Crippen LogP contribution in [0.4, 0.5) is 5.69 Å². The van der Waals surface area contributed by atoms with E-state index < -0.39 is 0 Å². The lowest BCUT2D eigenvalue weighted by atomic mass is 10.1. The van der Waals surface area contributed by atoms with Gasteiger partial charge in [-0.1, -0.05) is 37.6 Å². The molecule has 0 heterocycles. The third kappa shape index (κ3) is 7.08. The molecule has 7 nitrogen and oxygen atoms in total. The van der Waals surface area contributed by atoms with Gasteiger partial charge in [0, 0.05) is 18.7 Å². The summed E-state index contributed by atoms with van der Waals surface area (Å²) in [6.07, 6.45) is 2.35. The number of benzene rings is 2. The summed E-state index contributed by atoms with van der Waals surface area (Å²) in [7, 11) is 1.54. The molecule has 0 aliphatic rings. The first-order chi connectivity index (χ1) is 14.4. The summed E-state index contributed by atoms with van der Waals surface area (Å²) < 4.78 is 11.0. The number of hydrogen-bond donors (Lipinski definition) is 3. The molecule has 3 N–H and O–H groups in total. The molecule has 2 rings (SSSR count). The van der Waals surface area contributed by atoms with Gasteiger partial charge in [-0.2, -0.15) is 0 Å². The van der Waals surface area contributed by atoms with Gasteiger partial charge in [-0.15, -0.1) is 0 Å². The zero-order valence-corrected chi connectivity index (χ0v) is 18.1. The maximum absolute atomic E-state index is 12.3. The SMILES string of the molecule is CCCCC(=O)NNCc1ccc(OCC(=O)Nc2c(C)cccc2C)c(OC)c1. The molecule has 0 aliphatic heterocycles. The number of methoxy groups -OCH3 is 1. The van der Waals surface area contributed by atoms with E-state index in [-0.39, 0.29) is 18.4 Å². The fraction of sp³-hybridized carbons (Fsp3) is 0.391. The summed E-state index contributed by atoms with van der Waals surface area (Å²) in [4.78, 5) is 23.9. The average Bonchev–Trinajstić information content (AvgIpc) is 2.73. The Morgan fingerprint density at radius 1 is 1.00 bits per heavy atom. The van der Waals surface area contributed by atoms with Crippen LogP contribution < -0.4 is 25.6 Å². The molecule has 0 atom stereocenters. The van der Waals surface area contributed by atoms with Crippen LogP contribution in [0.15, 0.2) is 36.4 Å². The van der Waals surface area contributed by atoms with E-state index in [1.807, 2.05) is 51.1 Å². The number of amides is 2. The normalized spacial score (nSPS) is 10.4. The van der Waals surface area contributed by atoms with Gasteiger partial charge in [0.2, 0.25) is 5.91 Å². The highest BCUT2D eigenvalue weighted by Gasteiger charge is 2.11. The zero-order valence-electron chi connectivity index (χ0n) is 18.1. The predicted molar refractivity (Wildman–Crippen MR) is 118 cm³/mol. The molecule has 0 saturated carbocycles. The third-order valence-electron chi connectivity index (χ3n) is 4.61. The van der Waals surface area contributed by atoms with Crippen molar-refractivity contribution in [1.82, 2.24) is 10.9 Å². The van der Waals surface area contributed by atoms with Gasteiger partial charge in [0.15, 0.2) is 18.1 Å². The number of para-hydroxylation sites is 1. The summed E-state index contributed by atoms with van der Waals surface area (Å²) >= 11 is 0. The lowest BCUT2D eigenvalue weighted by Gasteiger charge is -2.14. The van der Waals surface area contributed by atoms with E-state index in [0.29, 0.717) is 24.5 Å². The highest BCUT2D eigenvalue weighted by atomic mass is 16.5. The molecule has 30 heavy (non-hydrogen) atoms. The molecule has 0 bridgehead atoms. The molecule has 0 aromatic heterocycles. The summed E-state index contributed by atoms with van der Waals surface area (Å²) in [6.45, 7) is 6.26. The molecule has 162 valence electrons. The number of hydrogen-bond acceptors (Lipinski definition) is 5. The Labute approximate surface area is 178 Å². The van der Waals surface area contributed by atoms with Crippen LogP contribution in [0.2, 0.25) is 0 Å². The van der Waals surface area contributed by atoms with E-state index in [9.17, 15) is 9.59 Å². The molecule has 2 amide bonds. The number of carbonyl (C=O) groups is 2. The van der Waals surface area contributed by atoms with E-state index in [1.54, 1.807) is 13.2 Å². The largest absolute Gasteiger partial charge is 0.493 e. The van der Waals surface area contributed by atoms with E-state index in [2.05, 4.69) is 16.2 Å². The van der Waals surface area contributed by atoms with Gasteiger partial charge < -0.3 is 14.8 Å². The molecule has 7 heteroatoms. The number of carbonyl (C=O) groups excluding carboxylic acids is 2. The van der Waals surface area contributed by atoms with Gasteiger partial charge >= 0.3 is 0 Å². The fourth-order valence-corrected chi connectivity index (χ4v) is 2.92. The van der Waals surface area contributed by atoms with Crippen LogP contribution in [0.3, 0.4) is 0 Å². The number of anilines is 1. The second-order valence-electron chi connectivity index (χ2n) is 7.09. The maximum atomic E-state index is 12.3. The summed E-state index contributed by atoms with van der Waals surface area (Å²) in [6, 6.07) is 11.3. The van der Waals surface area contributed by atoms with Crippen molar-refractivity contribution in [3.63, 3.8) is 0 Å². The second kappa shape index (κ2) is 11.8. The van der Waals surface area contributed by atoms with Gasteiger partial charge in [0.05, 0.1) is 7.11 Å². The van der Waals surface area contributed by atoms with Crippen LogP contribution in [-0.2, 0) is 16.1 Å². The highest BCUT2D eigenvalue weighted by Crippen LogP contribution is 2.28. The molecule has 0 fully saturated rings. The van der Waals surface area contributed by atoms with Crippen LogP contribution in [0.1, 0.15) is 42.9 Å². The van der Waals surface area contributed by atoms with E-state index >= 15 is 0 Å². The van der Waals surface area contributed by atoms with Crippen molar-refractivity contribution in [1.29, 1.82) is 0 Å². The standard InChI is InChI=1S/C23H31N3O4/c1-5-6-10-21(27)26-24-14-18-11-12-19(20(13-18)29-4)30-15-22(28)25-23-16(2)8-7-9-17(23)3/h7-9,11-13,24H,5-6,10,14-15H2,1-4H3,(H,25,28)(H,26,27). The number of nitrogens with one attached hydrogen (secondary N) is 3. The minimum atomic E-state index is -0.241. The van der Waals surface area contributed by atoms with Gasteiger partial charge in [-0.25, -0.2) is 5.43 Å². The number of aryl methyl sites for hydroxylation is 2. The second-order valence-corrected chi connectivity index (χ2v) is 7.09. The molecule has 0 spiro atoms. The van der Waals surface area contributed by atoms with Crippen molar-refractivity contribution in [2.24, 2.45) is 0 Å². The Hall–Kier alpha value is -3.06. The van der Waals surface area contributed by atoms with Crippen LogP contribution in [0.5, 0.6) is 11.5 Å². The molecular weight excluding hydrogens is 382 g/mol. The van der Waals surface area contributed by atoms with Crippen LogP contribution in [0, 0.1) is 13.8 Å². The number of hydrazine groups is 1. The van der Waals surface area contributed by atoms with E-state index in [1.165, 1.54) is 0 Å². The summed E-state index contributed by atoms with van der Waals surface area (Å²) in [5.41, 5.74) is 9.30. The molecule has 2 aromatic carbocycles. The quantitative estimate of drug-likeness (QED) is 0.490. The smallest absolute Gasteiger partial charge is 0.262 e. The minimum Gasteiger partial charge on any atom is -0.493 e. The highest BCUT2D eigenvalue weighted by molar-refractivity contribution is 5.93. The van der Waals surface area contributed by atoms with E-state index in [0.717, 1.165) is 35.2 Å². The van der Waals surface area contributed by atoms with Crippen molar-refractivity contribution in [2.45, 2.75) is 46.6 Å². The zero-order chi connectivity index (χ0) is 21.9. The molecule has 0 unspecified atom stereocenters. The van der Waals surface area contributed by atoms with Crippen molar-refractivity contribution < 1.29 is 19.1 Å². The first kappa shape index (κ1) is 23.2. The number of rotatable bonds is 11.